The Morgan fingerprint density at radius 3 is 2.94 bits per heavy atom. The van der Waals surface area contributed by atoms with Crippen molar-refractivity contribution in [3.8, 4) is 0 Å². The number of rotatable bonds is 4. The average Bonchev–Trinajstić information content (AvgIpc) is 2.85. The van der Waals surface area contributed by atoms with Gasteiger partial charge in [0.2, 0.25) is 10.0 Å². The zero-order valence-corrected chi connectivity index (χ0v) is 10.1. The lowest BCUT2D eigenvalue weighted by Crippen LogP contribution is -2.30. The van der Waals surface area contributed by atoms with Crippen LogP contribution < -0.4 is 4.72 Å². The number of nitrogens with one attached hydrogen (secondary N) is 2. The van der Waals surface area contributed by atoms with E-state index in [4.69, 9.17) is 0 Å². The van der Waals surface area contributed by atoms with Crippen LogP contribution in [0.5, 0.6) is 0 Å². The van der Waals surface area contributed by atoms with Gasteiger partial charge in [0.15, 0.2) is 0 Å². The topological polar surface area (TPSA) is 74.8 Å². The third kappa shape index (κ3) is 2.44. The minimum Gasteiger partial charge on any atom is -0.284 e. The van der Waals surface area contributed by atoms with Gasteiger partial charge >= 0.3 is 0 Å². The highest BCUT2D eigenvalue weighted by molar-refractivity contribution is 7.89. The summed E-state index contributed by atoms with van der Waals surface area (Å²) in [6.07, 6.45) is 6.24. The van der Waals surface area contributed by atoms with Gasteiger partial charge in [0.1, 0.15) is 4.90 Å². The third-order valence-corrected chi connectivity index (χ3v) is 4.75. The zero-order chi connectivity index (χ0) is 11.6. The molecule has 0 spiro atoms. The monoisotopic (exact) mass is 243 g/mol. The number of nitrogens with zero attached hydrogens (tertiary/aromatic N) is 1. The van der Waals surface area contributed by atoms with Crippen molar-refractivity contribution < 1.29 is 8.42 Å². The van der Waals surface area contributed by atoms with Gasteiger partial charge in [0, 0.05) is 12.7 Å². The van der Waals surface area contributed by atoms with E-state index in [0.29, 0.717) is 18.4 Å². The molecule has 2 unspecified atom stereocenters. The molecule has 1 fully saturated rings. The van der Waals surface area contributed by atoms with E-state index in [0.717, 1.165) is 6.42 Å². The number of hydrogen-bond donors (Lipinski definition) is 2. The molecule has 0 amide bonds. The van der Waals surface area contributed by atoms with E-state index in [9.17, 15) is 8.42 Å². The summed E-state index contributed by atoms with van der Waals surface area (Å²) < 4.78 is 26.2. The summed E-state index contributed by atoms with van der Waals surface area (Å²) in [6, 6.07) is 0. The number of hydrogen-bond acceptors (Lipinski definition) is 3. The smallest absolute Gasteiger partial charge is 0.243 e. The summed E-state index contributed by atoms with van der Waals surface area (Å²) in [7, 11) is -3.37. The van der Waals surface area contributed by atoms with Crippen LogP contribution >= 0.6 is 0 Å². The molecule has 2 N–H and O–H groups in total. The minimum absolute atomic E-state index is 0.207. The molecule has 0 radical (unpaired) electrons. The highest BCUT2D eigenvalue weighted by Crippen LogP contribution is 2.30. The summed E-state index contributed by atoms with van der Waals surface area (Å²) >= 11 is 0. The second-order valence-electron chi connectivity index (χ2n) is 4.45. The second kappa shape index (κ2) is 4.55. The van der Waals surface area contributed by atoms with Crippen LogP contribution in [0.3, 0.4) is 0 Å². The molecule has 90 valence electrons. The molecule has 0 bridgehead atoms. The van der Waals surface area contributed by atoms with E-state index in [2.05, 4.69) is 21.8 Å². The SMILES string of the molecule is CC1CCCC1CNS(=O)(=O)c1cn[nH]c1. The Labute approximate surface area is 95.7 Å². The van der Waals surface area contributed by atoms with Crippen molar-refractivity contribution in [3.05, 3.63) is 12.4 Å². The predicted octanol–water partition coefficient (Wildman–Crippen LogP) is 1.12. The Bertz CT molecular complexity index is 427. The molecule has 5 nitrogen and oxygen atoms in total. The summed E-state index contributed by atoms with van der Waals surface area (Å²) in [5, 5.41) is 6.14. The maximum Gasteiger partial charge on any atom is 0.243 e. The molecule has 0 aromatic carbocycles. The van der Waals surface area contributed by atoms with Gasteiger partial charge in [-0.25, -0.2) is 13.1 Å². The molecule has 2 rings (SSSR count). The fourth-order valence-electron chi connectivity index (χ4n) is 2.21. The lowest BCUT2D eigenvalue weighted by molar-refractivity contribution is 0.414. The Morgan fingerprint density at radius 2 is 2.38 bits per heavy atom. The molecule has 2 atom stereocenters. The lowest BCUT2D eigenvalue weighted by atomic mass is 9.99. The molecular weight excluding hydrogens is 226 g/mol. The highest BCUT2D eigenvalue weighted by atomic mass is 32.2. The van der Waals surface area contributed by atoms with Crippen molar-refractivity contribution in [2.45, 2.75) is 31.1 Å². The fourth-order valence-corrected chi connectivity index (χ4v) is 3.21. The molecule has 1 heterocycles. The zero-order valence-electron chi connectivity index (χ0n) is 9.31. The Balaban J connectivity index is 1.95. The molecule has 1 aromatic rings. The van der Waals surface area contributed by atoms with Crippen LogP contribution in [-0.2, 0) is 10.0 Å². The van der Waals surface area contributed by atoms with E-state index < -0.39 is 10.0 Å². The first-order valence-electron chi connectivity index (χ1n) is 5.58. The first-order chi connectivity index (χ1) is 7.59. The first-order valence-corrected chi connectivity index (χ1v) is 7.06. The van der Waals surface area contributed by atoms with Crippen molar-refractivity contribution in [1.29, 1.82) is 0 Å². The van der Waals surface area contributed by atoms with Gasteiger partial charge in [-0.15, -0.1) is 0 Å². The quantitative estimate of drug-likeness (QED) is 0.832. The molecule has 1 aromatic heterocycles. The van der Waals surface area contributed by atoms with Gasteiger partial charge in [-0.2, -0.15) is 5.10 Å². The third-order valence-electron chi connectivity index (χ3n) is 3.36. The van der Waals surface area contributed by atoms with Gasteiger partial charge in [0.05, 0.1) is 6.20 Å². The summed E-state index contributed by atoms with van der Waals surface area (Å²) in [5.74, 6) is 1.09. The molecule has 0 saturated heterocycles. The van der Waals surface area contributed by atoms with Crippen LogP contribution in [0.4, 0.5) is 0 Å². The van der Waals surface area contributed by atoms with Gasteiger partial charge in [0.25, 0.3) is 0 Å². The van der Waals surface area contributed by atoms with E-state index in [1.54, 1.807) is 0 Å². The maximum atomic E-state index is 11.8. The summed E-state index contributed by atoms with van der Waals surface area (Å²) in [5.41, 5.74) is 0. The normalized spacial score (nSPS) is 26.1. The van der Waals surface area contributed by atoms with Crippen LogP contribution in [0, 0.1) is 11.8 Å². The lowest BCUT2D eigenvalue weighted by Gasteiger charge is -2.15. The van der Waals surface area contributed by atoms with Crippen molar-refractivity contribution in [2.24, 2.45) is 11.8 Å². The van der Waals surface area contributed by atoms with E-state index in [1.807, 2.05) is 0 Å². The van der Waals surface area contributed by atoms with E-state index in [1.165, 1.54) is 25.2 Å². The average molecular weight is 243 g/mol. The second-order valence-corrected chi connectivity index (χ2v) is 6.22. The van der Waals surface area contributed by atoms with Crippen molar-refractivity contribution in [2.75, 3.05) is 6.54 Å². The fraction of sp³-hybridized carbons (Fsp3) is 0.700. The van der Waals surface area contributed by atoms with Crippen molar-refractivity contribution >= 4 is 10.0 Å². The number of aromatic nitrogens is 2. The molecule has 6 heteroatoms. The molecule has 1 saturated carbocycles. The van der Waals surface area contributed by atoms with Crippen LogP contribution in [0.15, 0.2) is 17.3 Å². The Hall–Kier alpha value is -0.880. The highest BCUT2D eigenvalue weighted by Gasteiger charge is 2.25. The van der Waals surface area contributed by atoms with Gasteiger partial charge in [-0.3, -0.25) is 5.10 Å². The number of sulfonamides is 1. The number of aromatic amines is 1. The molecule has 1 aliphatic rings. The van der Waals surface area contributed by atoms with Gasteiger partial charge in [-0.05, 0) is 18.3 Å². The summed E-state index contributed by atoms with van der Waals surface area (Å²) in [6.45, 7) is 2.72. The Morgan fingerprint density at radius 1 is 1.56 bits per heavy atom. The van der Waals surface area contributed by atoms with Gasteiger partial charge < -0.3 is 0 Å². The standard InChI is InChI=1S/C10H17N3O2S/c1-8-3-2-4-9(8)5-13-16(14,15)10-6-11-12-7-10/h6-9,13H,2-5H2,1H3,(H,11,12). The molecular formula is C10H17N3O2S. The maximum absolute atomic E-state index is 11.8. The van der Waals surface area contributed by atoms with E-state index >= 15 is 0 Å². The van der Waals surface area contributed by atoms with Crippen LogP contribution in [0.2, 0.25) is 0 Å². The first kappa shape index (κ1) is 11.6. The molecule has 0 aliphatic heterocycles. The largest absolute Gasteiger partial charge is 0.284 e. The molecule has 16 heavy (non-hydrogen) atoms. The predicted molar refractivity (Wildman–Crippen MR) is 60.3 cm³/mol. The summed E-state index contributed by atoms with van der Waals surface area (Å²) in [4.78, 5) is 0.207. The minimum atomic E-state index is -3.37. The van der Waals surface area contributed by atoms with Crippen LogP contribution in [0.1, 0.15) is 26.2 Å². The van der Waals surface area contributed by atoms with E-state index in [-0.39, 0.29) is 4.90 Å². The van der Waals surface area contributed by atoms with Gasteiger partial charge in [-0.1, -0.05) is 19.8 Å². The number of H-pyrrole nitrogens is 1. The Kier molecular flexibility index (Phi) is 3.30. The van der Waals surface area contributed by atoms with Crippen LogP contribution in [0.25, 0.3) is 0 Å². The van der Waals surface area contributed by atoms with Crippen molar-refractivity contribution in [1.82, 2.24) is 14.9 Å². The van der Waals surface area contributed by atoms with Crippen molar-refractivity contribution in [3.63, 3.8) is 0 Å². The molecule has 1 aliphatic carbocycles. The van der Waals surface area contributed by atoms with Crippen LogP contribution in [-0.4, -0.2) is 25.2 Å².